The summed E-state index contributed by atoms with van der Waals surface area (Å²) in [6, 6.07) is 18.5. The summed E-state index contributed by atoms with van der Waals surface area (Å²) < 4.78 is 0. The Morgan fingerprint density at radius 1 is 1.00 bits per heavy atom. The fourth-order valence-electron chi connectivity index (χ4n) is 3.49. The maximum Gasteiger partial charge on any atom is 0.180 e. The Balaban J connectivity index is 2.04. The fourth-order valence-corrected chi connectivity index (χ4v) is 3.49. The lowest BCUT2D eigenvalue weighted by atomic mass is 9.85. The van der Waals surface area contributed by atoms with E-state index in [0.717, 1.165) is 40.1 Å². The number of Topliss-reactive ketones (excluding diaryl/α,β-unsaturated/α-hetero) is 1. The zero-order valence-electron chi connectivity index (χ0n) is 14.2. The van der Waals surface area contributed by atoms with Gasteiger partial charge >= 0.3 is 0 Å². The highest BCUT2D eigenvalue weighted by Gasteiger charge is 2.32. The van der Waals surface area contributed by atoms with Gasteiger partial charge < -0.3 is 10.2 Å². The molecule has 2 heterocycles. The van der Waals surface area contributed by atoms with Gasteiger partial charge in [0.25, 0.3) is 0 Å². The first-order chi connectivity index (χ1) is 12.3. The first-order valence-corrected chi connectivity index (χ1v) is 8.66. The van der Waals surface area contributed by atoms with E-state index in [1.54, 1.807) is 0 Å². The minimum atomic E-state index is 0.174. The lowest BCUT2D eigenvalue weighted by molar-refractivity contribution is -0.116. The highest BCUT2D eigenvalue weighted by Crippen LogP contribution is 2.42. The van der Waals surface area contributed by atoms with Crippen LogP contribution in [0.4, 0.5) is 0 Å². The van der Waals surface area contributed by atoms with Crippen molar-refractivity contribution in [3.05, 3.63) is 95.6 Å². The quantitative estimate of drug-likeness (QED) is 0.896. The van der Waals surface area contributed by atoms with E-state index in [0.29, 0.717) is 6.42 Å². The monoisotopic (exact) mass is 328 g/mol. The summed E-state index contributed by atoms with van der Waals surface area (Å²) in [5.74, 6) is 0.174. The number of benzene rings is 2. The van der Waals surface area contributed by atoms with Crippen LogP contribution in [0.5, 0.6) is 0 Å². The number of carbonyl (C=O) groups excluding carboxylic acids is 1. The maximum atomic E-state index is 13.1. The van der Waals surface area contributed by atoms with Gasteiger partial charge in [-0.3, -0.25) is 4.79 Å². The normalized spacial score (nSPS) is 15.2. The molecule has 3 nitrogen and oxygen atoms in total. The molecule has 124 valence electrons. The number of nitrogens with zero attached hydrogens (tertiary/aromatic N) is 1. The van der Waals surface area contributed by atoms with Gasteiger partial charge in [0, 0.05) is 36.2 Å². The topological polar surface area (TPSA) is 32.3 Å². The molecule has 0 bridgehead atoms. The van der Waals surface area contributed by atoms with Crippen molar-refractivity contribution < 1.29 is 4.79 Å². The van der Waals surface area contributed by atoms with Gasteiger partial charge in [-0.25, -0.2) is 0 Å². The smallest absolute Gasteiger partial charge is 0.180 e. The summed E-state index contributed by atoms with van der Waals surface area (Å²) in [5.41, 5.74) is 6.09. The van der Waals surface area contributed by atoms with Crippen LogP contribution in [0.1, 0.15) is 36.5 Å². The fraction of sp³-hybridized carbons (Fsp3) is 0.136. The van der Waals surface area contributed by atoms with Crippen molar-refractivity contribution in [3.8, 4) is 0 Å². The van der Waals surface area contributed by atoms with Crippen LogP contribution in [0.2, 0.25) is 0 Å². The number of hydrogen-bond acceptors (Lipinski definition) is 3. The molecule has 0 radical (unpaired) electrons. The van der Waals surface area contributed by atoms with Crippen molar-refractivity contribution in [2.24, 2.45) is 0 Å². The number of hydrogen-bond donors (Lipinski definition) is 1. The van der Waals surface area contributed by atoms with Crippen molar-refractivity contribution in [2.75, 3.05) is 0 Å². The van der Waals surface area contributed by atoms with Crippen LogP contribution < -0.4 is 5.32 Å². The summed E-state index contributed by atoms with van der Waals surface area (Å²) >= 11 is 0. The van der Waals surface area contributed by atoms with Crippen LogP contribution in [-0.2, 0) is 4.79 Å². The molecular weight excluding hydrogens is 308 g/mol. The van der Waals surface area contributed by atoms with Crippen molar-refractivity contribution in [1.29, 1.82) is 0 Å². The predicted molar refractivity (Wildman–Crippen MR) is 101 cm³/mol. The largest absolute Gasteiger partial charge is 0.365 e. The van der Waals surface area contributed by atoms with E-state index in [1.165, 1.54) is 0 Å². The summed E-state index contributed by atoms with van der Waals surface area (Å²) in [5, 5.41) is 3.15. The molecule has 3 heteroatoms. The van der Waals surface area contributed by atoms with Gasteiger partial charge in [0.2, 0.25) is 0 Å². The van der Waals surface area contributed by atoms with E-state index in [2.05, 4.69) is 29.6 Å². The average Bonchev–Trinajstić information content (AvgIpc) is 2.67. The Kier molecular flexibility index (Phi) is 3.98. The van der Waals surface area contributed by atoms with E-state index in [-0.39, 0.29) is 5.78 Å². The second-order valence-corrected chi connectivity index (χ2v) is 6.19. The van der Waals surface area contributed by atoms with E-state index >= 15 is 0 Å². The van der Waals surface area contributed by atoms with Gasteiger partial charge in [-0.1, -0.05) is 61.5 Å². The Morgan fingerprint density at radius 2 is 1.72 bits per heavy atom. The summed E-state index contributed by atoms with van der Waals surface area (Å²) in [6.07, 6.45) is 7.13. The number of ketones is 1. The Labute approximate surface area is 148 Å². The third-order valence-electron chi connectivity index (χ3n) is 4.55. The van der Waals surface area contributed by atoms with Gasteiger partial charge in [0.1, 0.15) is 0 Å². The molecule has 0 aliphatic carbocycles. The first kappa shape index (κ1) is 15.5. The van der Waals surface area contributed by atoms with Crippen LogP contribution in [0.15, 0.2) is 78.9 Å². The molecule has 0 fully saturated rings. The molecule has 2 aliphatic heterocycles. The molecule has 0 saturated heterocycles. The van der Waals surface area contributed by atoms with Gasteiger partial charge in [-0.15, -0.1) is 0 Å². The van der Waals surface area contributed by atoms with Crippen LogP contribution in [0.25, 0.3) is 11.3 Å². The maximum absolute atomic E-state index is 13.1. The number of rotatable bonds is 4. The molecule has 25 heavy (non-hydrogen) atoms. The number of allylic oxidation sites excluding steroid dienone is 1. The second-order valence-electron chi connectivity index (χ2n) is 6.19. The zero-order chi connectivity index (χ0) is 17.2. The van der Waals surface area contributed by atoms with E-state index in [1.807, 2.05) is 60.8 Å². The van der Waals surface area contributed by atoms with Crippen LogP contribution in [0, 0.1) is 0 Å². The summed E-state index contributed by atoms with van der Waals surface area (Å²) in [4.78, 5) is 15.1. The molecular formula is C22H20N2O. The van der Waals surface area contributed by atoms with Crippen LogP contribution in [0.3, 0.4) is 0 Å². The first-order valence-electron chi connectivity index (χ1n) is 8.66. The molecule has 2 aliphatic rings. The van der Waals surface area contributed by atoms with Crippen molar-refractivity contribution in [3.63, 3.8) is 0 Å². The molecule has 0 spiro atoms. The SMILES string of the molecule is CCCC(=O)C1=C(c2ccccc2)c2ccccc2C2=CNC=CN21. The molecule has 1 N–H and O–H groups in total. The molecule has 0 aromatic heterocycles. The van der Waals surface area contributed by atoms with E-state index in [4.69, 9.17) is 0 Å². The summed E-state index contributed by atoms with van der Waals surface area (Å²) in [7, 11) is 0. The molecule has 4 rings (SSSR count). The highest BCUT2D eigenvalue weighted by atomic mass is 16.1. The number of fused-ring (bicyclic) bond motifs is 3. The Bertz CT molecular complexity index is 907. The second kappa shape index (κ2) is 6.44. The minimum absolute atomic E-state index is 0.174. The molecule has 2 aromatic carbocycles. The van der Waals surface area contributed by atoms with Gasteiger partial charge in [-0.05, 0) is 17.5 Å². The van der Waals surface area contributed by atoms with Gasteiger partial charge in [0.15, 0.2) is 5.78 Å². The third-order valence-corrected chi connectivity index (χ3v) is 4.55. The summed E-state index contributed by atoms with van der Waals surface area (Å²) in [6.45, 7) is 2.04. The number of nitrogens with one attached hydrogen (secondary N) is 1. The van der Waals surface area contributed by atoms with Crippen LogP contribution >= 0.6 is 0 Å². The molecule has 0 amide bonds. The Morgan fingerprint density at radius 3 is 2.48 bits per heavy atom. The van der Waals surface area contributed by atoms with E-state index in [9.17, 15) is 4.79 Å². The third kappa shape index (κ3) is 2.58. The zero-order valence-corrected chi connectivity index (χ0v) is 14.2. The molecule has 2 aromatic rings. The highest BCUT2D eigenvalue weighted by molar-refractivity contribution is 6.09. The lowest BCUT2D eigenvalue weighted by Crippen LogP contribution is -2.30. The lowest BCUT2D eigenvalue weighted by Gasteiger charge is -2.36. The van der Waals surface area contributed by atoms with Crippen molar-refractivity contribution in [2.45, 2.75) is 19.8 Å². The van der Waals surface area contributed by atoms with Gasteiger partial charge in [0.05, 0.1) is 11.4 Å². The standard InChI is InChI=1S/C22H20N2O/c1-2-8-20(25)22-21(16-9-4-3-5-10-16)18-12-7-6-11-17(18)19-15-23-13-14-24(19)22/h3-7,9-15,23H,2,8H2,1H3. The van der Waals surface area contributed by atoms with E-state index < -0.39 is 0 Å². The molecule has 0 unspecified atom stereocenters. The van der Waals surface area contributed by atoms with Crippen molar-refractivity contribution in [1.82, 2.24) is 10.2 Å². The average molecular weight is 328 g/mol. The van der Waals surface area contributed by atoms with Crippen LogP contribution in [-0.4, -0.2) is 10.7 Å². The predicted octanol–water partition coefficient (Wildman–Crippen LogP) is 4.50. The minimum Gasteiger partial charge on any atom is -0.365 e. The Hall–Kier alpha value is -3.07. The molecule has 0 saturated carbocycles. The van der Waals surface area contributed by atoms with Crippen molar-refractivity contribution >= 4 is 17.1 Å². The van der Waals surface area contributed by atoms with Gasteiger partial charge in [-0.2, -0.15) is 0 Å². The number of carbonyl (C=O) groups is 1. The molecule has 0 atom stereocenters.